The van der Waals surface area contributed by atoms with Crippen LogP contribution in [0.1, 0.15) is 42.6 Å². The summed E-state index contributed by atoms with van der Waals surface area (Å²) in [6.07, 6.45) is 7.04. The fraction of sp³-hybridized carbons (Fsp3) is 0.412. The zero-order valence-corrected chi connectivity index (χ0v) is 12.7. The Morgan fingerprint density at radius 1 is 1.18 bits per heavy atom. The minimum atomic E-state index is -0.404. The lowest BCUT2D eigenvalue weighted by Crippen LogP contribution is -2.21. The number of carbonyl (C=O) groups excluding carboxylic acids is 1. The standard InChI is InChI=1S/C17H20N2O3/c1-21-15-12-19(13-8-4-2-5-9-13)18-16(15)17(20)22-14-10-6-3-7-11-14/h2,4-5,8-9,12,14H,3,6-7,10-11H2,1H3. The van der Waals surface area contributed by atoms with Crippen LogP contribution in [0.5, 0.6) is 5.75 Å². The van der Waals surface area contributed by atoms with Crippen LogP contribution in [-0.2, 0) is 4.74 Å². The van der Waals surface area contributed by atoms with Crippen LogP contribution in [0.2, 0.25) is 0 Å². The summed E-state index contributed by atoms with van der Waals surface area (Å²) < 4.78 is 12.5. The highest BCUT2D eigenvalue weighted by Crippen LogP contribution is 2.24. The summed E-state index contributed by atoms with van der Waals surface area (Å²) in [5.74, 6) is 0.0306. The predicted octanol–water partition coefficient (Wildman–Crippen LogP) is 3.37. The predicted molar refractivity (Wildman–Crippen MR) is 82.4 cm³/mol. The lowest BCUT2D eigenvalue weighted by molar-refractivity contribution is 0.0201. The van der Waals surface area contributed by atoms with E-state index in [0.29, 0.717) is 5.75 Å². The molecular weight excluding hydrogens is 280 g/mol. The van der Waals surface area contributed by atoms with Crippen molar-refractivity contribution in [1.29, 1.82) is 0 Å². The van der Waals surface area contributed by atoms with Crippen molar-refractivity contribution < 1.29 is 14.3 Å². The van der Waals surface area contributed by atoms with E-state index in [9.17, 15) is 4.79 Å². The summed E-state index contributed by atoms with van der Waals surface area (Å²) in [6.45, 7) is 0. The quantitative estimate of drug-likeness (QED) is 0.812. The average Bonchev–Trinajstić information content (AvgIpc) is 3.01. The molecule has 1 saturated carbocycles. The number of methoxy groups -OCH3 is 1. The summed E-state index contributed by atoms with van der Waals surface area (Å²) in [6, 6.07) is 9.61. The number of benzene rings is 1. The van der Waals surface area contributed by atoms with Crippen molar-refractivity contribution in [3.05, 3.63) is 42.2 Å². The van der Waals surface area contributed by atoms with Gasteiger partial charge in [-0.3, -0.25) is 0 Å². The molecule has 0 atom stereocenters. The van der Waals surface area contributed by atoms with Crippen molar-refractivity contribution >= 4 is 5.97 Å². The van der Waals surface area contributed by atoms with Crippen molar-refractivity contribution in [1.82, 2.24) is 9.78 Å². The summed E-state index contributed by atoms with van der Waals surface area (Å²) in [5, 5.41) is 4.33. The molecule has 1 aromatic carbocycles. The van der Waals surface area contributed by atoms with E-state index in [0.717, 1.165) is 31.4 Å². The van der Waals surface area contributed by atoms with E-state index in [1.807, 2.05) is 30.3 Å². The van der Waals surface area contributed by atoms with Gasteiger partial charge >= 0.3 is 5.97 Å². The van der Waals surface area contributed by atoms with Gasteiger partial charge in [0.1, 0.15) is 6.10 Å². The largest absolute Gasteiger partial charge is 0.493 e. The SMILES string of the molecule is COc1cn(-c2ccccc2)nc1C(=O)OC1CCCCC1. The highest BCUT2D eigenvalue weighted by atomic mass is 16.5. The fourth-order valence-electron chi connectivity index (χ4n) is 2.75. The first-order valence-electron chi connectivity index (χ1n) is 7.68. The zero-order chi connectivity index (χ0) is 15.4. The second kappa shape index (κ2) is 6.64. The normalized spacial score (nSPS) is 15.5. The van der Waals surface area contributed by atoms with Crippen LogP contribution in [-0.4, -0.2) is 29.0 Å². The smallest absolute Gasteiger partial charge is 0.363 e. The molecule has 22 heavy (non-hydrogen) atoms. The van der Waals surface area contributed by atoms with Gasteiger partial charge in [0.2, 0.25) is 5.69 Å². The first kappa shape index (κ1) is 14.6. The summed E-state index contributed by atoms with van der Waals surface area (Å²) >= 11 is 0. The maximum atomic E-state index is 12.4. The van der Waals surface area contributed by atoms with Gasteiger partial charge < -0.3 is 9.47 Å². The second-order valence-electron chi connectivity index (χ2n) is 5.49. The van der Waals surface area contributed by atoms with Gasteiger partial charge in [0.05, 0.1) is 19.0 Å². The van der Waals surface area contributed by atoms with Crippen LogP contribution in [0.3, 0.4) is 0 Å². The van der Waals surface area contributed by atoms with Crippen LogP contribution in [0.15, 0.2) is 36.5 Å². The number of para-hydroxylation sites is 1. The number of ether oxygens (including phenoxy) is 2. The fourth-order valence-corrected chi connectivity index (χ4v) is 2.75. The number of carbonyl (C=O) groups is 1. The molecule has 3 rings (SSSR count). The van der Waals surface area contributed by atoms with Crippen LogP contribution in [0, 0.1) is 0 Å². The van der Waals surface area contributed by atoms with Crippen molar-refractivity contribution in [2.24, 2.45) is 0 Å². The molecule has 0 radical (unpaired) electrons. The van der Waals surface area contributed by atoms with Gasteiger partial charge in [-0.1, -0.05) is 24.6 Å². The van der Waals surface area contributed by atoms with Crippen molar-refractivity contribution in [2.75, 3.05) is 7.11 Å². The number of esters is 1. The molecule has 0 aliphatic heterocycles. The van der Waals surface area contributed by atoms with Crippen molar-refractivity contribution in [3.8, 4) is 11.4 Å². The third-order valence-electron chi connectivity index (χ3n) is 3.94. The Bertz CT molecular complexity index is 631. The molecule has 0 N–H and O–H groups in total. The Balaban J connectivity index is 1.80. The van der Waals surface area contributed by atoms with Gasteiger partial charge in [-0.25, -0.2) is 9.48 Å². The van der Waals surface area contributed by atoms with E-state index in [1.165, 1.54) is 13.5 Å². The molecule has 0 spiro atoms. The molecule has 1 heterocycles. The molecule has 0 amide bonds. The molecule has 1 aliphatic rings. The molecular formula is C17H20N2O3. The van der Waals surface area contributed by atoms with E-state index in [4.69, 9.17) is 9.47 Å². The van der Waals surface area contributed by atoms with E-state index in [2.05, 4.69) is 5.10 Å². The summed E-state index contributed by atoms with van der Waals surface area (Å²) in [7, 11) is 1.53. The van der Waals surface area contributed by atoms with Crippen LogP contribution >= 0.6 is 0 Å². The molecule has 2 aromatic rings. The molecule has 0 bridgehead atoms. The van der Waals surface area contributed by atoms with Crippen LogP contribution in [0.4, 0.5) is 0 Å². The Morgan fingerprint density at radius 3 is 2.59 bits per heavy atom. The number of hydrogen-bond donors (Lipinski definition) is 0. The Kier molecular flexibility index (Phi) is 4.42. The number of aromatic nitrogens is 2. The maximum Gasteiger partial charge on any atom is 0.363 e. The Labute approximate surface area is 129 Å². The maximum absolute atomic E-state index is 12.4. The van der Waals surface area contributed by atoms with Crippen LogP contribution in [0.25, 0.3) is 5.69 Å². The Hall–Kier alpha value is -2.30. The average molecular weight is 300 g/mol. The molecule has 1 aliphatic carbocycles. The van der Waals surface area contributed by atoms with Gasteiger partial charge in [-0.05, 0) is 37.8 Å². The second-order valence-corrected chi connectivity index (χ2v) is 5.49. The van der Waals surface area contributed by atoms with Gasteiger partial charge in [0.15, 0.2) is 5.75 Å². The molecule has 116 valence electrons. The summed E-state index contributed by atoms with van der Waals surface area (Å²) in [4.78, 5) is 12.4. The Morgan fingerprint density at radius 2 is 1.91 bits per heavy atom. The molecule has 0 saturated heterocycles. The van der Waals surface area contributed by atoms with Gasteiger partial charge in [0, 0.05) is 0 Å². The minimum absolute atomic E-state index is 0.00725. The highest BCUT2D eigenvalue weighted by Gasteiger charge is 2.24. The number of nitrogens with zero attached hydrogens (tertiary/aromatic N) is 2. The van der Waals surface area contributed by atoms with Gasteiger partial charge in [0.25, 0.3) is 0 Å². The molecule has 1 aromatic heterocycles. The molecule has 0 unspecified atom stereocenters. The first-order valence-corrected chi connectivity index (χ1v) is 7.68. The number of hydrogen-bond acceptors (Lipinski definition) is 4. The molecule has 5 heteroatoms. The summed E-state index contributed by atoms with van der Waals surface area (Å²) in [5.41, 5.74) is 1.11. The third kappa shape index (κ3) is 3.13. The lowest BCUT2D eigenvalue weighted by Gasteiger charge is -2.21. The number of rotatable bonds is 4. The highest BCUT2D eigenvalue weighted by molar-refractivity contribution is 5.90. The van der Waals surface area contributed by atoms with E-state index in [-0.39, 0.29) is 11.8 Å². The topological polar surface area (TPSA) is 53.4 Å². The lowest BCUT2D eigenvalue weighted by atomic mass is 9.98. The minimum Gasteiger partial charge on any atom is -0.493 e. The van der Waals surface area contributed by atoms with Gasteiger partial charge in [-0.15, -0.1) is 0 Å². The zero-order valence-electron chi connectivity index (χ0n) is 12.7. The first-order chi connectivity index (χ1) is 10.8. The van der Waals surface area contributed by atoms with Crippen molar-refractivity contribution in [3.63, 3.8) is 0 Å². The monoisotopic (exact) mass is 300 g/mol. The van der Waals surface area contributed by atoms with Gasteiger partial charge in [-0.2, -0.15) is 5.10 Å². The molecule has 1 fully saturated rings. The van der Waals surface area contributed by atoms with E-state index >= 15 is 0 Å². The molecule has 5 nitrogen and oxygen atoms in total. The third-order valence-corrected chi connectivity index (χ3v) is 3.94. The van der Waals surface area contributed by atoms with Crippen LogP contribution < -0.4 is 4.74 Å². The van der Waals surface area contributed by atoms with E-state index in [1.54, 1.807) is 10.9 Å². The van der Waals surface area contributed by atoms with E-state index < -0.39 is 5.97 Å². The van der Waals surface area contributed by atoms with Crippen molar-refractivity contribution in [2.45, 2.75) is 38.2 Å².